The van der Waals surface area contributed by atoms with E-state index in [4.69, 9.17) is 9.47 Å². The Balaban J connectivity index is 1.70. The van der Waals surface area contributed by atoms with Crippen LogP contribution in [-0.2, 0) is 9.59 Å². The van der Waals surface area contributed by atoms with Crippen molar-refractivity contribution in [2.45, 2.75) is 19.9 Å². The SMILES string of the molecule is Cc1ccc(N2C(=O)C(=O)/C(=C(\O)c3ccc4c(c3)OCCO4)C2c2ccncc2)c(C)c1. The number of aryl methyl sites for hydroxylation is 2. The van der Waals surface area contributed by atoms with Crippen molar-refractivity contribution in [3.05, 3.63) is 88.8 Å². The lowest BCUT2D eigenvalue weighted by Crippen LogP contribution is -2.30. The van der Waals surface area contributed by atoms with Crippen molar-refractivity contribution in [2.75, 3.05) is 18.1 Å². The Morgan fingerprint density at radius 3 is 2.42 bits per heavy atom. The molecule has 2 aliphatic rings. The second-order valence-electron chi connectivity index (χ2n) is 8.10. The number of rotatable bonds is 3. The van der Waals surface area contributed by atoms with E-state index in [1.807, 2.05) is 32.0 Å². The highest BCUT2D eigenvalue weighted by atomic mass is 16.6. The van der Waals surface area contributed by atoms with E-state index < -0.39 is 17.7 Å². The molecule has 3 aromatic rings. The van der Waals surface area contributed by atoms with Crippen LogP contribution < -0.4 is 14.4 Å². The molecule has 2 aromatic carbocycles. The van der Waals surface area contributed by atoms with Crippen molar-refractivity contribution in [2.24, 2.45) is 0 Å². The molecule has 1 N–H and O–H groups in total. The van der Waals surface area contributed by atoms with Crippen LogP contribution in [0.1, 0.15) is 28.3 Å². The number of benzene rings is 2. The third-order valence-electron chi connectivity index (χ3n) is 5.89. The normalized spacial score (nSPS) is 19.1. The number of carbonyl (C=O) groups is 2. The lowest BCUT2D eigenvalue weighted by atomic mass is 9.95. The average molecular weight is 442 g/mol. The van der Waals surface area contributed by atoms with Crippen molar-refractivity contribution >= 4 is 23.1 Å². The number of hydrogen-bond acceptors (Lipinski definition) is 6. The van der Waals surface area contributed by atoms with Gasteiger partial charge in [0.15, 0.2) is 11.5 Å². The molecule has 0 radical (unpaired) electrons. The molecule has 7 heteroatoms. The second kappa shape index (κ2) is 8.09. The Bertz CT molecular complexity index is 1300. The second-order valence-corrected chi connectivity index (χ2v) is 8.10. The van der Waals surface area contributed by atoms with Crippen LogP contribution in [0.2, 0.25) is 0 Å². The zero-order valence-corrected chi connectivity index (χ0v) is 18.2. The first-order chi connectivity index (χ1) is 16.0. The summed E-state index contributed by atoms with van der Waals surface area (Å²) in [5.41, 5.74) is 3.58. The summed E-state index contributed by atoms with van der Waals surface area (Å²) in [6.45, 7) is 4.70. The minimum absolute atomic E-state index is 0.0165. The number of carbonyl (C=O) groups excluding carboxylic acids is 2. The summed E-state index contributed by atoms with van der Waals surface area (Å²) >= 11 is 0. The van der Waals surface area contributed by atoms with Gasteiger partial charge in [0, 0.05) is 23.6 Å². The van der Waals surface area contributed by atoms with Gasteiger partial charge in [0.2, 0.25) is 0 Å². The van der Waals surface area contributed by atoms with Gasteiger partial charge >= 0.3 is 0 Å². The van der Waals surface area contributed by atoms with E-state index in [0.29, 0.717) is 41.5 Å². The summed E-state index contributed by atoms with van der Waals surface area (Å²) in [5, 5.41) is 11.3. The summed E-state index contributed by atoms with van der Waals surface area (Å²) in [6.07, 6.45) is 3.20. The monoisotopic (exact) mass is 442 g/mol. The molecule has 0 bridgehead atoms. The predicted octanol–water partition coefficient (Wildman–Crippen LogP) is 4.10. The van der Waals surface area contributed by atoms with Gasteiger partial charge in [-0.05, 0) is 61.4 Å². The highest BCUT2D eigenvalue weighted by molar-refractivity contribution is 6.51. The molecule has 1 aromatic heterocycles. The number of ether oxygens (including phenoxy) is 2. The maximum atomic E-state index is 13.3. The van der Waals surface area contributed by atoms with E-state index in [1.165, 1.54) is 4.90 Å². The van der Waals surface area contributed by atoms with Gasteiger partial charge in [-0.15, -0.1) is 0 Å². The first kappa shape index (κ1) is 20.8. The minimum atomic E-state index is -0.803. The number of hydrogen-bond donors (Lipinski definition) is 1. The van der Waals surface area contributed by atoms with Gasteiger partial charge < -0.3 is 14.6 Å². The van der Waals surface area contributed by atoms with E-state index in [-0.39, 0.29) is 11.3 Å². The van der Waals surface area contributed by atoms with Crippen LogP contribution in [0.15, 0.2) is 66.5 Å². The number of nitrogens with zero attached hydrogens (tertiary/aromatic N) is 2. The number of anilines is 1. The van der Waals surface area contributed by atoms with Crippen LogP contribution in [0.4, 0.5) is 5.69 Å². The molecule has 2 aliphatic heterocycles. The fourth-order valence-corrected chi connectivity index (χ4v) is 4.36. The van der Waals surface area contributed by atoms with Gasteiger partial charge in [0.25, 0.3) is 11.7 Å². The molecule has 5 rings (SSSR count). The van der Waals surface area contributed by atoms with E-state index in [2.05, 4.69) is 4.98 Å². The smallest absolute Gasteiger partial charge is 0.300 e. The zero-order valence-electron chi connectivity index (χ0n) is 18.2. The topological polar surface area (TPSA) is 89.0 Å². The summed E-state index contributed by atoms with van der Waals surface area (Å²) in [4.78, 5) is 32.1. The third kappa shape index (κ3) is 3.51. The fourth-order valence-electron chi connectivity index (χ4n) is 4.36. The first-order valence-corrected chi connectivity index (χ1v) is 10.6. The predicted molar refractivity (Wildman–Crippen MR) is 122 cm³/mol. The summed E-state index contributed by atoms with van der Waals surface area (Å²) in [5.74, 6) is -0.653. The molecular weight excluding hydrogens is 420 g/mol. The molecule has 7 nitrogen and oxygen atoms in total. The number of fused-ring (bicyclic) bond motifs is 1. The van der Waals surface area contributed by atoms with Crippen LogP contribution in [0.3, 0.4) is 0 Å². The molecule has 0 aliphatic carbocycles. The molecule has 1 atom stereocenters. The standard InChI is InChI=1S/C26H22N2O5/c1-15-3-5-19(16(2)13-15)28-23(17-7-9-27-10-8-17)22(25(30)26(28)31)24(29)18-4-6-20-21(14-18)33-12-11-32-20/h3-10,13-14,23,29H,11-12H2,1-2H3/b24-22-. The van der Waals surface area contributed by atoms with Crippen LogP contribution in [0, 0.1) is 13.8 Å². The lowest BCUT2D eigenvalue weighted by Gasteiger charge is -2.27. The van der Waals surface area contributed by atoms with Crippen LogP contribution >= 0.6 is 0 Å². The molecule has 1 saturated heterocycles. The highest BCUT2D eigenvalue weighted by Gasteiger charge is 2.47. The Hall–Kier alpha value is -4.13. The van der Waals surface area contributed by atoms with Crippen LogP contribution in [0.5, 0.6) is 11.5 Å². The number of aliphatic hydroxyl groups is 1. The molecule has 3 heterocycles. The maximum Gasteiger partial charge on any atom is 0.300 e. The first-order valence-electron chi connectivity index (χ1n) is 10.6. The third-order valence-corrected chi connectivity index (χ3v) is 5.89. The van der Waals surface area contributed by atoms with Crippen molar-refractivity contribution in [1.82, 2.24) is 4.98 Å². The fraction of sp³-hybridized carbons (Fsp3) is 0.192. The number of amides is 1. The zero-order chi connectivity index (χ0) is 23.1. The Labute approximate surface area is 190 Å². The Morgan fingerprint density at radius 1 is 0.970 bits per heavy atom. The Kier molecular flexibility index (Phi) is 5.09. The number of pyridine rings is 1. The van der Waals surface area contributed by atoms with Crippen LogP contribution in [0.25, 0.3) is 5.76 Å². The Morgan fingerprint density at radius 2 is 1.70 bits per heavy atom. The van der Waals surface area contributed by atoms with Crippen molar-refractivity contribution in [3.8, 4) is 11.5 Å². The van der Waals surface area contributed by atoms with E-state index >= 15 is 0 Å². The van der Waals surface area contributed by atoms with Gasteiger partial charge in [0.05, 0.1) is 11.6 Å². The molecule has 1 unspecified atom stereocenters. The average Bonchev–Trinajstić information content (AvgIpc) is 3.09. The molecule has 166 valence electrons. The number of ketones is 1. The quantitative estimate of drug-likeness (QED) is 0.373. The molecular formula is C26H22N2O5. The van der Waals surface area contributed by atoms with Crippen molar-refractivity contribution < 1.29 is 24.2 Å². The summed E-state index contributed by atoms with van der Waals surface area (Å²) in [7, 11) is 0. The number of Topliss-reactive ketones (excluding diaryl/α,β-unsaturated/α-hetero) is 1. The number of aliphatic hydroxyl groups excluding tert-OH is 1. The largest absolute Gasteiger partial charge is 0.507 e. The van der Waals surface area contributed by atoms with Gasteiger partial charge in [-0.25, -0.2) is 0 Å². The molecule has 1 fully saturated rings. The summed E-state index contributed by atoms with van der Waals surface area (Å²) in [6, 6.07) is 13.3. The maximum absolute atomic E-state index is 13.3. The molecule has 1 amide bonds. The van der Waals surface area contributed by atoms with Gasteiger partial charge in [-0.3, -0.25) is 19.5 Å². The molecule has 0 saturated carbocycles. The van der Waals surface area contributed by atoms with E-state index in [9.17, 15) is 14.7 Å². The van der Waals surface area contributed by atoms with Gasteiger partial charge in [0.1, 0.15) is 19.0 Å². The lowest BCUT2D eigenvalue weighted by molar-refractivity contribution is -0.132. The molecule has 33 heavy (non-hydrogen) atoms. The van der Waals surface area contributed by atoms with Gasteiger partial charge in [-0.2, -0.15) is 0 Å². The van der Waals surface area contributed by atoms with Crippen LogP contribution in [-0.4, -0.2) is 35.0 Å². The van der Waals surface area contributed by atoms with Crippen molar-refractivity contribution in [3.63, 3.8) is 0 Å². The highest BCUT2D eigenvalue weighted by Crippen LogP contribution is 2.44. The van der Waals surface area contributed by atoms with Crippen molar-refractivity contribution in [1.29, 1.82) is 0 Å². The van der Waals surface area contributed by atoms with E-state index in [0.717, 1.165) is 11.1 Å². The van der Waals surface area contributed by atoms with E-state index in [1.54, 1.807) is 42.7 Å². The van der Waals surface area contributed by atoms with Gasteiger partial charge in [-0.1, -0.05) is 17.7 Å². The number of aromatic nitrogens is 1. The molecule has 0 spiro atoms. The minimum Gasteiger partial charge on any atom is -0.507 e. The summed E-state index contributed by atoms with van der Waals surface area (Å²) < 4.78 is 11.2.